The lowest BCUT2D eigenvalue weighted by atomic mass is 10.1. The van der Waals surface area contributed by atoms with Crippen LogP contribution in [0, 0.1) is 0 Å². The van der Waals surface area contributed by atoms with Crippen LogP contribution in [0.5, 0.6) is 0 Å². The van der Waals surface area contributed by atoms with Gasteiger partial charge in [-0.25, -0.2) is 0 Å². The third-order valence-corrected chi connectivity index (χ3v) is 1.61. The van der Waals surface area contributed by atoms with Crippen molar-refractivity contribution in [2.24, 2.45) is 5.73 Å². The summed E-state index contributed by atoms with van der Waals surface area (Å²) in [6.45, 7) is 2.84. The summed E-state index contributed by atoms with van der Waals surface area (Å²) in [4.78, 5) is 0. The van der Waals surface area contributed by atoms with Crippen molar-refractivity contribution in [1.29, 1.82) is 0 Å². The molecule has 0 aliphatic heterocycles. The Morgan fingerprint density at radius 2 is 2.00 bits per heavy atom. The normalized spacial score (nSPS) is 13.5. The maximum absolute atomic E-state index is 9.23. The van der Waals surface area contributed by atoms with Crippen molar-refractivity contribution in [3.63, 3.8) is 0 Å². The van der Waals surface area contributed by atoms with E-state index < -0.39 is 0 Å². The second-order valence-corrected chi connectivity index (χ2v) is 2.73. The molecule has 0 aromatic heterocycles. The fourth-order valence-corrected chi connectivity index (χ4v) is 1.00. The minimum atomic E-state index is -0.0865. The molecule has 0 bridgehead atoms. The molecule has 0 saturated heterocycles. The third kappa shape index (κ3) is 6.05. The topological polar surface area (TPSA) is 46.2 Å². The SMILES string of the molecule is CCCC(O)CCCCN. The molecular formula is C8H19NO. The average Bonchev–Trinajstić information content (AvgIpc) is 1.89. The van der Waals surface area contributed by atoms with E-state index in [1.807, 2.05) is 0 Å². The second-order valence-electron chi connectivity index (χ2n) is 2.73. The summed E-state index contributed by atoms with van der Waals surface area (Å²) in [5, 5.41) is 9.23. The van der Waals surface area contributed by atoms with Gasteiger partial charge in [0.15, 0.2) is 0 Å². The van der Waals surface area contributed by atoms with Gasteiger partial charge in [-0.3, -0.25) is 0 Å². The van der Waals surface area contributed by atoms with Crippen LogP contribution in [0.4, 0.5) is 0 Å². The number of aliphatic hydroxyl groups is 1. The molecule has 0 heterocycles. The molecule has 0 saturated carbocycles. The summed E-state index contributed by atoms with van der Waals surface area (Å²) >= 11 is 0. The number of aliphatic hydroxyl groups excluding tert-OH is 1. The van der Waals surface area contributed by atoms with Crippen LogP contribution in [0.3, 0.4) is 0 Å². The van der Waals surface area contributed by atoms with E-state index in [-0.39, 0.29) is 6.10 Å². The number of rotatable bonds is 6. The van der Waals surface area contributed by atoms with E-state index in [9.17, 15) is 5.11 Å². The highest BCUT2D eigenvalue weighted by atomic mass is 16.3. The maximum Gasteiger partial charge on any atom is 0.0540 e. The summed E-state index contributed by atoms with van der Waals surface area (Å²) in [5.74, 6) is 0. The molecule has 62 valence electrons. The summed E-state index contributed by atoms with van der Waals surface area (Å²) in [5.41, 5.74) is 5.31. The van der Waals surface area contributed by atoms with Gasteiger partial charge in [0.05, 0.1) is 6.10 Å². The molecule has 0 aliphatic carbocycles. The highest BCUT2D eigenvalue weighted by Gasteiger charge is 2.00. The number of nitrogens with two attached hydrogens (primary N) is 1. The fourth-order valence-electron chi connectivity index (χ4n) is 1.00. The van der Waals surface area contributed by atoms with Gasteiger partial charge in [0.25, 0.3) is 0 Å². The number of hydrogen-bond donors (Lipinski definition) is 2. The van der Waals surface area contributed by atoms with E-state index in [4.69, 9.17) is 5.73 Å². The molecule has 0 amide bonds. The lowest BCUT2D eigenvalue weighted by Crippen LogP contribution is -2.07. The average molecular weight is 145 g/mol. The second kappa shape index (κ2) is 7.03. The van der Waals surface area contributed by atoms with Gasteiger partial charge in [0, 0.05) is 0 Å². The van der Waals surface area contributed by atoms with Crippen LogP contribution in [0.25, 0.3) is 0 Å². The first-order valence-electron chi connectivity index (χ1n) is 4.19. The van der Waals surface area contributed by atoms with Crippen molar-refractivity contribution < 1.29 is 5.11 Å². The van der Waals surface area contributed by atoms with Crippen molar-refractivity contribution in [1.82, 2.24) is 0 Å². The van der Waals surface area contributed by atoms with Crippen LogP contribution < -0.4 is 5.73 Å². The van der Waals surface area contributed by atoms with Crippen LogP contribution in [0.1, 0.15) is 39.0 Å². The van der Waals surface area contributed by atoms with Crippen molar-refractivity contribution in [2.75, 3.05) is 6.54 Å². The summed E-state index contributed by atoms with van der Waals surface area (Å²) in [6, 6.07) is 0. The van der Waals surface area contributed by atoms with Crippen LogP contribution in [0.2, 0.25) is 0 Å². The molecule has 0 aromatic rings. The Morgan fingerprint density at radius 3 is 2.50 bits per heavy atom. The molecule has 0 radical (unpaired) electrons. The van der Waals surface area contributed by atoms with Crippen LogP contribution in [-0.2, 0) is 0 Å². The highest BCUT2D eigenvalue weighted by Crippen LogP contribution is 2.05. The first-order chi connectivity index (χ1) is 4.81. The Hall–Kier alpha value is -0.0800. The Bertz CT molecular complexity index is 66.3. The van der Waals surface area contributed by atoms with E-state index in [2.05, 4.69) is 6.92 Å². The summed E-state index contributed by atoms with van der Waals surface area (Å²) in [6.07, 6.45) is 4.95. The van der Waals surface area contributed by atoms with Gasteiger partial charge in [-0.05, 0) is 32.2 Å². The Labute approximate surface area is 63.4 Å². The number of unbranched alkanes of at least 4 members (excludes halogenated alkanes) is 1. The maximum atomic E-state index is 9.23. The van der Waals surface area contributed by atoms with Crippen LogP contribution in [-0.4, -0.2) is 17.8 Å². The van der Waals surface area contributed by atoms with Crippen molar-refractivity contribution >= 4 is 0 Å². The molecule has 10 heavy (non-hydrogen) atoms. The molecule has 2 nitrogen and oxygen atoms in total. The predicted octanol–water partition coefficient (Wildman–Crippen LogP) is 1.28. The van der Waals surface area contributed by atoms with E-state index in [0.717, 1.165) is 38.6 Å². The minimum absolute atomic E-state index is 0.0865. The number of hydrogen-bond acceptors (Lipinski definition) is 2. The first kappa shape index (κ1) is 9.92. The smallest absolute Gasteiger partial charge is 0.0540 e. The lowest BCUT2D eigenvalue weighted by Gasteiger charge is -2.06. The zero-order chi connectivity index (χ0) is 7.82. The summed E-state index contributed by atoms with van der Waals surface area (Å²) in [7, 11) is 0. The Morgan fingerprint density at radius 1 is 1.30 bits per heavy atom. The van der Waals surface area contributed by atoms with Crippen molar-refractivity contribution in [3.05, 3.63) is 0 Å². The van der Waals surface area contributed by atoms with Gasteiger partial charge < -0.3 is 10.8 Å². The van der Waals surface area contributed by atoms with Crippen LogP contribution >= 0.6 is 0 Å². The molecule has 0 aromatic carbocycles. The summed E-state index contributed by atoms with van der Waals surface area (Å²) < 4.78 is 0. The van der Waals surface area contributed by atoms with Gasteiger partial charge >= 0.3 is 0 Å². The van der Waals surface area contributed by atoms with E-state index in [1.54, 1.807) is 0 Å². The predicted molar refractivity (Wildman–Crippen MR) is 43.8 cm³/mol. The van der Waals surface area contributed by atoms with Gasteiger partial charge in [-0.15, -0.1) is 0 Å². The lowest BCUT2D eigenvalue weighted by molar-refractivity contribution is 0.150. The molecular weight excluding hydrogens is 126 g/mol. The molecule has 0 spiro atoms. The molecule has 3 N–H and O–H groups in total. The molecule has 1 atom stereocenters. The van der Waals surface area contributed by atoms with E-state index in [0.29, 0.717) is 0 Å². The van der Waals surface area contributed by atoms with Gasteiger partial charge in [0.1, 0.15) is 0 Å². The zero-order valence-electron chi connectivity index (χ0n) is 6.84. The van der Waals surface area contributed by atoms with Crippen molar-refractivity contribution in [2.45, 2.75) is 45.1 Å². The van der Waals surface area contributed by atoms with Gasteiger partial charge in [-0.1, -0.05) is 13.3 Å². The minimum Gasteiger partial charge on any atom is -0.393 e. The molecule has 0 fully saturated rings. The monoisotopic (exact) mass is 145 g/mol. The van der Waals surface area contributed by atoms with Crippen molar-refractivity contribution in [3.8, 4) is 0 Å². The molecule has 0 rings (SSSR count). The van der Waals surface area contributed by atoms with Crippen LogP contribution in [0.15, 0.2) is 0 Å². The highest BCUT2D eigenvalue weighted by molar-refractivity contribution is 4.54. The quantitative estimate of drug-likeness (QED) is 0.553. The first-order valence-corrected chi connectivity index (χ1v) is 4.19. The Kier molecular flexibility index (Phi) is 6.98. The standard InChI is InChI=1S/C8H19NO/c1-2-5-8(10)6-3-4-7-9/h8,10H,2-7,9H2,1H3. The Balaban J connectivity index is 2.97. The van der Waals surface area contributed by atoms with Gasteiger partial charge in [0.2, 0.25) is 0 Å². The molecule has 1 unspecified atom stereocenters. The van der Waals surface area contributed by atoms with E-state index >= 15 is 0 Å². The zero-order valence-corrected chi connectivity index (χ0v) is 6.84. The fraction of sp³-hybridized carbons (Fsp3) is 1.00. The molecule has 2 heteroatoms. The largest absolute Gasteiger partial charge is 0.393 e. The van der Waals surface area contributed by atoms with E-state index in [1.165, 1.54) is 0 Å². The molecule has 0 aliphatic rings. The third-order valence-electron chi connectivity index (χ3n) is 1.61. The van der Waals surface area contributed by atoms with Gasteiger partial charge in [-0.2, -0.15) is 0 Å².